The highest BCUT2D eigenvalue weighted by atomic mass is 19.4. The number of carbonyl (C=O) groups is 2. The van der Waals surface area contributed by atoms with Gasteiger partial charge in [0.1, 0.15) is 5.84 Å². The van der Waals surface area contributed by atoms with Gasteiger partial charge >= 0.3 is 11.8 Å². The number of alkyl halides is 3. The third kappa shape index (κ3) is 3.25. The van der Waals surface area contributed by atoms with Crippen LogP contribution >= 0.6 is 0 Å². The smallest absolute Gasteiger partial charge is 0.316 e. The quantitative estimate of drug-likeness (QED) is 0.903. The Kier molecular flexibility index (Phi) is 4.92. The van der Waals surface area contributed by atoms with Gasteiger partial charge in [-0.1, -0.05) is 44.2 Å². The first-order chi connectivity index (χ1) is 11.5. The van der Waals surface area contributed by atoms with Gasteiger partial charge in [-0.3, -0.25) is 14.5 Å². The van der Waals surface area contributed by atoms with Crippen LogP contribution in [-0.2, 0) is 9.59 Å². The third-order valence-electron chi connectivity index (χ3n) is 3.82. The molecule has 0 saturated carbocycles. The molecule has 5 nitrogen and oxygen atoms in total. The summed E-state index contributed by atoms with van der Waals surface area (Å²) in [6.45, 7) is 6.07. The molecule has 136 valence electrons. The highest BCUT2D eigenvalue weighted by Gasteiger charge is 2.67. The molecular weight excluding hydrogens is 335 g/mol. The van der Waals surface area contributed by atoms with Crippen LogP contribution in [0.5, 0.6) is 0 Å². The maximum atomic E-state index is 13.8. The van der Waals surface area contributed by atoms with Crippen molar-refractivity contribution in [3.05, 3.63) is 35.9 Å². The van der Waals surface area contributed by atoms with Crippen molar-refractivity contribution in [2.45, 2.75) is 45.6 Å². The van der Waals surface area contributed by atoms with E-state index in [1.807, 2.05) is 5.32 Å². The molecule has 1 heterocycles. The van der Waals surface area contributed by atoms with Crippen LogP contribution in [0.1, 0.15) is 33.3 Å². The van der Waals surface area contributed by atoms with Crippen LogP contribution in [0.4, 0.5) is 13.2 Å². The van der Waals surface area contributed by atoms with Crippen molar-refractivity contribution in [1.82, 2.24) is 10.2 Å². The van der Waals surface area contributed by atoms with Gasteiger partial charge in [0.2, 0.25) is 5.91 Å². The zero-order chi connectivity index (χ0) is 19.0. The second kappa shape index (κ2) is 6.50. The summed E-state index contributed by atoms with van der Waals surface area (Å²) < 4.78 is 41.5. The lowest BCUT2D eigenvalue weighted by atomic mass is 10.1. The van der Waals surface area contributed by atoms with Gasteiger partial charge in [0.05, 0.1) is 0 Å². The number of amidine groups is 1. The summed E-state index contributed by atoms with van der Waals surface area (Å²) in [7, 11) is 0. The summed E-state index contributed by atoms with van der Waals surface area (Å²) in [5, 5.41) is 1.82. The minimum Gasteiger partial charge on any atom is -0.316 e. The number of benzene rings is 1. The lowest BCUT2D eigenvalue weighted by molar-refractivity contribution is -0.201. The van der Waals surface area contributed by atoms with Crippen molar-refractivity contribution in [1.29, 1.82) is 0 Å². The van der Waals surface area contributed by atoms with E-state index in [4.69, 9.17) is 0 Å². The minimum atomic E-state index is -5.07. The minimum absolute atomic E-state index is 0.109. The van der Waals surface area contributed by atoms with E-state index in [0.29, 0.717) is 5.56 Å². The normalized spacial score (nSPS) is 21.1. The van der Waals surface area contributed by atoms with Gasteiger partial charge in [0, 0.05) is 17.5 Å². The van der Waals surface area contributed by atoms with Crippen LogP contribution < -0.4 is 5.32 Å². The largest absolute Gasteiger partial charge is 0.442 e. The van der Waals surface area contributed by atoms with Crippen LogP contribution in [0, 0.1) is 5.92 Å². The van der Waals surface area contributed by atoms with Gasteiger partial charge in [-0.2, -0.15) is 13.2 Å². The van der Waals surface area contributed by atoms with E-state index < -0.39 is 35.6 Å². The molecule has 1 atom stereocenters. The van der Waals surface area contributed by atoms with Crippen molar-refractivity contribution in [2.75, 3.05) is 0 Å². The molecule has 0 fully saturated rings. The first kappa shape index (κ1) is 19.0. The van der Waals surface area contributed by atoms with Crippen LogP contribution in [-0.4, -0.2) is 40.4 Å². The maximum absolute atomic E-state index is 13.8. The zero-order valence-corrected chi connectivity index (χ0v) is 14.4. The number of rotatable bonds is 4. The highest BCUT2D eigenvalue weighted by molar-refractivity contribution is 6.16. The average Bonchev–Trinajstić information content (AvgIpc) is 2.82. The fourth-order valence-electron chi connectivity index (χ4n) is 2.46. The number of hydrogen-bond donors (Lipinski definition) is 1. The Bertz CT molecular complexity index is 699. The molecule has 1 aliphatic rings. The van der Waals surface area contributed by atoms with Gasteiger partial charge in [-0.15, -0.1) is 0 Å². The van der Waals surface area contributed by atoms with Gasteiger partial charge in [0.25, 0.3) is 5.91 Å². The monoisotopic (exact) mass is 355 g/mol. The van der Waals surface area contributed by atoms with E-state index in [9.17, 15) is 22.8 Å². The number of amides is 2. The Morgan fingerprint density at radius 3 is 2.16 bits per heavy atom. The van der Waals surface area contributed by atoms with Crippen LogP contribution in [0.3, 0.4) is 0 Å². The molecule has 8 heteroatoms. The van der Waals surface area contributed by atoms with Gasteiger partial charge in [0.15, 0.2) is 0 Å². The summed E-state index contributed by atoms with van der Waals surface area (Å²) in [6.07, 6.45) is -5.07. The Morgan fingerprint density at radius 1 is 1.16 bits per heavy atom. The summed E-state index contributed by atoms with van der Waals surface area (Å²) >= 11 is 0. The van der Waals surface area contributed by atoms with E-state index in [1.165, 1.54) is 13.8 Å². The SMILES string of the molecule is CC(C)C(=O)NC1(C(F)(F)F)N=C(c2ccccc2)N(C(C)C)C1=O. The fraction of sp³-hybridized carbons (Fsp3) is 0.471. The fourth-order valence-corrected chi connectivity index (χ4v) is 2.46. The van der Waals surface area contributed by atoms with Crippen LogP contribution in [0.15, 0.2) is 35.3 Å². The number of nitrogens with zero attached hydrogens (tertiary/aromatic N) is 2. The Labute approximate surface area is 143 Å². The molecule has 1 aliphatic heterocycles. The first-order valence-corrected chi connectivity index (χ1v) is 7.89. The summed E-state index contributed by atoms with van der Waals surface area (Å²) in [6, 6.07) is 7.56. The molecular formula is C17H20F3N3O2. The summed E-state index contributed by atoms with van der Waals surface area (Å²) in [4.78, 5) is 29.4. The molecule has 1 unspecified atom stereocenters. The van der Waals surface area contributed by atoms with E-state index in [2.05, 4.69) is 4.99 Å². The molecule has 0 radical (unpaired) electrons. The molecule has 2 amide bonds. The van der Waals surface area contributed by atoms with Crippen molar-refractivity contribution in [3.8, 4) is 0 Å². The Balaban J connectivity index is 2.65. The molecule has 0 bridgehead atoms. The van der Waals surface area contributed by atoms with Gasteiger partial charge < -0.3 is 5.32 Å². The first-order valence-electron chi connectivity index (χ1n) is 7.89. The van der Waals surface area contributed by atoms with Crippen LogP contribution in [0.2, 0.25) is 0 Å². The number of nitrogens with one attached hydrogen (secondary N) is 1. The van der Waals surface area contributed by atoms with Crippen molar-refractivity contribution in [2.24, 2.45) is 10.9 Å². The van der Waals surface area contributed by atoms with Crippen molar-refractivity contribution in [3.63, 3.8) is 0 Å². The van der Waals surface area contributed by atoms with Gasteiger partial charge in [-0.25, -0.2) is 4.99 Å². The average molecular weight is 355 g/mol. The number of carbonyl (C=O) groups excluding carboxylic acids is 2. The second-order valence-corrected chi connectivity index (χ2v) is 6.42. The Morgan fingerprint density at radius 2 is 1.72 bits per heavy atom. The molecule has 1 N–H and O–H groups in total. The predicted molar refractivity (Wildman–Crippen MR) is 86.7 cm³/mol. The van der Waals surface area contributed by atoms with Crippen molar-refractivity contribution >= 4 is 17.6 Å². The molecule has 0 saturated heterocycles. The van der Waals surface area contributed by atoms with E-state index in [0.717, 1.165) is 4.90 Å². The van der Waals surface area contributed by atoms with E-state index in [1.54, 1.807) is 44.2 Å². The van der Waals surface area contributed by atoms with Crippen molar-refractivity contribution < 1.29 is 22.8 Å². The predicted octanol–water partition coefficient (Wildman–Crippen LogP) is 2.71. The Hall–Kier alpha value is -2.38. The molecule has 0 spiro atoms. The molecule has 2 rings (SSSR count). The number of hydrogen-bond acceptors (Lipinski definition) is 3. The summed E-state index contributed by atoms with van der Waals surface area (Å²) in [5.74, 6) is -3.03. The number of halogens is 3. The second-order valence-electron chi connectivity index (χ2n) is 6.42. The highest BCUT2D eigenvalue weighted by Crippen LogP contribution is 2.39. The molecule has 1 aromatic carbocycles. The lowest BCUT2D eigenvalue weighted by Crippen LogP contribution is -2.64. The molecule has 1 aromatic rings. The topological polar surface area (TPSA) is 61.8 Å². The molecule has 0 aromatic heterocycles. The third-order valence-corrected chi connectivity index (χ3v) is 3.82. The maximum Gasteiger partial charge on any atom is 0.442 e. The standard InChI is InChI=1S/C17H20F3N3O2/c1-10(2)14(24)22-16(17(18,19)20)15(25)23(11(3)4)13(21-16)12-8-6-5-7-9-12/h5-11H,1-4H3,(H,22,24). The molecule has 25 heavy (non-hydrogen) atoms. The zero-order valence-electron chi connectivity index (χ0n) is 14.4. The van der Waals surface area contributed by atoms with E-state index >= 15 is 0 Å². The molecule has 0 aliphatic carbocycles. The lowest BCUT2D eigenvalue weighted by Gasteiger charge is -2.31. The van der Waals surface area contributed by atoms with Crippen LogP contribution in [0.25, 0.3) is 0 Å². The summed E-state index contributed by atoms with van der Waals surface area (Å²) in [5.41, 5.74) is -2.93. The van der Waals surface area contributed by atoms with E-state index in [-0.39, 0.29) is 5.84 Å². The van der Waals surface area contributed by atoms with Gasteiger partial charge in [-0.05, 0) is 13.8 Å². The number of aliphatic imine (C=N–C) groups is 1.